The SMILES string of the molecule is CC(C)(O)[C@H]1CCCN1C(=O)[C@H]1CC[C@H](NS(=O)(=O)c2ccc3cc(-c4ccccc4)[nH]c3c2)CC1. The molecular formula is C28H35N3O4S. The Bertz CT molecular complexity index is 1340. The quantitative estimate of drug-likeness (QED) is 0.457. The Kier molecular flexibility index (Phi) is 6.70. The smallest absolute Gasteiger partial charge is 0.240 e. The van der Waals surface area contributed by atoms with Crippen LogP contribution in [0.25, 0.3) is 22.2 Å². The molecule has 1 atom stereocenters. The number of carbonyl (C=O) groups excluding carboxylic acids is 1. The second-order valence-electron chi connectivity index (χ2n) is 10.8. The van der Waals surface area contributed by atoms with Crippen LogP contribution in [0.2, 0.25) is 0 Å². The average molecular weight is 510 g/mol. The van der Waals surface area contributed by atoms with E-state index in [-0.39, 0.29) is 28.8 Å². The Morgan fingerprint density at radius 3 is 2.44 bits per heavy atom. The normalized spacial score (nSPS) is 23.3. The van der Waals surface area contributed by atoms with E-state index in [0.717, 1.165) is 35.0 Å². The summed E-state index contributed by atoms with van der Waals surface area (Å²) in [4.78, 5) is 18.6. The van der Waals surface area contributed by atoms with E-state index >= 15 is 0 Å². The number of carbonyl (C=O) groups is 1. The van der Waals surface area contributed by atoms with Crippen molar-refractivity contribution in [3.05, 3.63) is 54.6 Å². The Balaban J connectivity index is 1.23. The van der Waals surface area contributed by atoms with Crippen molar-refractivity contribution in [1.29, 1.82) is 0 Å². The molecule has 1 aromatic heterocycles. The van der Waals surface area contributed by atoms with Gasteiger partial charge in [-0.1, -0.05) is 36.4 Å². The molecule has 5 rings (SSSR count). The topological polar surface area (TPSA) is 102 Å². The molecule has 2 aliphatic rings. The second kappa shape index (κ2) is 9.65. The molecule has 0 spiro atoms. The fraction of sp³-hybridized carbons (Fsp3) is 0.464. The third-order valence-corrected chi connectivity index (χ3v) is 9.26. The maximum absolute atomic E-state index is 13.2. The first kappa shape index (κ1) is 25.0. The van der Waals surface area contributed by atoms with Crippen molar-refractivity contribution in [2.75, 3.05) is 6.54 Å². The molecule has 0 bridgehead atoms. The predicted octanol–water partition coefficient (Wildman–Crippen LogP) is 4.43. The van der Waals surface area contributed by atoms with Crippen LogP contribution < -0.4 is 4.72 Å². The first-order valence-corrected chi connectivity index (χ1v) is 14.3. The highest BCUT2D eigenvalue weighted by molar-refractivity contribution is 7.89. The van der Waals surface area contributed by atoms with Crippen molar-refractivity contribution in [3.63, 3.8) is 0 Å². The van der Waals surface area contributed by atoms with Crippen LogP contribution in [0, 0.1) is 5.92 Å². The highest BCUT2D eigenvalue weighted by atomic mass is 32.2. The lowest BCUT2D eigenvalue weighted by Crippen LogP contribution is -2.50. The van der Waals surface area contributed by atoms with Gasteiger partial charge < -0.3 is 15.0 Å². The van der Waals surface area contributed by atoms with Crippen LogP contribution in [0.15, 0.2) is 59.5 Å². The number of aromatic amines is 1. The number of fused-ring (bicyclic) bond motifs is 1. The molecule has 36 heavy (non-hydrogen) atoms. The van der Waals surface area contributed by atoms with Gasteiger partial charge in [-0.15, -0.1) is 0 Å². The van der Waals surface area contributed by atoms with E-state index in [2.05, 4.69) is 9.71 Å². The zero-order valence-corrected chi connectivity index (χ0v) is 21.7. The number of amides is 1. The molecule has 1 saturated heterocycles. The zero-order valence-electron chi connectivity index (χ0n) is 20.9. The number of hydrogen-bond acceptors (Lipinski definition) is 4. The van der Waals surface area contributed by atoms with E-state index in [1.54, 1.807) is 26.0 Å². The highest BCUT2D eigenvalue weighted by Gasteiger charge is 2.41. The fourth-order valence-electron chi connectivity index (χ4n) is 5.79. The molecule has 3 N–H and O–H groups in total. The summed E-state index contributed by atoms with van der Waals surface area (Å²) >= 11 is 0. The fourth-order valence-corrected chi connectivity index (χ4v) is 7.12. The van der Waals surface area contributed by atoms with Crippen molar-refractivity contribution < 1.29 is 18.3 Å². The van der Waals surface area contributed by atoms with Gasteiger partial charge in [-0.05, 0) is 76.1 Å². The number of nitrogens with one attached hydrogen (secondary N) is 2. The average Bonchev–Trinajstić information content (AvgIpc) is 3.51. The summed E-state index contributed by atoms with van der Waals surface area (Å²) in [7, 11) is -3.69. The Hall–Kier alpha value is -2.68. The van der Waals surface area contributed by atoms with Gasteiger partial charge in [0.1, 0.15) is 0 Å². The molecule has 1 aliphatic carbocycles. The van der Waals surface area contributed by atoms with Gasteiger partial charge in [0.2, 0.25) is 15.9 Å². The zero-order chi connectivity index (χ0) is 25.5. The standard InChI is InChI=1S/C28H35N3O4S/c1-28(2,33)26-9-6-16-31(26)27(32)20-10-13-22(14-11-20)30-36(34,35)23-15-12-21-17-24(29-25(21)18-23)19-7-4-3-5-8-19/h3-5,7-8,12,15,17-18,20,22,26,29-30,33H,6,9-11,13-14,16H2,1-2H3/t20-,22-,26-/m1/s1. The van der Waals surface area contributed by atoms with Crippen LogP contribution in [0.3, 0.4) is 0 Å². The molecule has 0 unspecified atom stereocenters. The number of rotatable bonds is 6. The predicted molar refractivity (Wildman–Crippen MR) is 141 cm³/mol. The molecule has 0 radical (unpaired) electrons. The number of H-pyrrole nitrogens is 1. The molecule has 7 nitrogen and oxygen atoms in total. The van der Waals surface area contributed by atoms with E-state index in [1.807, 2.05) is 47.4 Å². The monoisotopic (exact) mass is 509 g/mol. The second-order valence-corrected chi connectivity index (χ2v) is 12.5. The Morgan fingerprint density at radius 1 is 1.03 bits per heavy atom. The minimum absolute atomic E-state index is 0.104. The van der Waals surface area contributed by atoms with Crippen molar-refractivity contribution >= 4 is 26.8 Å². The number of sulfonamides is 1. The lowest BCUT2D eigenvalue weighted by Gasteiger charge is -2.37. The molecule has 1 amide bonds. The molecular weight excluding hydrogens is 474 g/mol. The molecule has 3 aromatic rings. The number of nitrogens with zero attached hydrogens (tertiary/aromatic N) is 1. The van der Waals surface area contributed by atoms with Gasteiger partial charge in [0.15, 0.2) is 0 Å². The molecule has 1 aliphatic heterocycles. The van der Waals surface area contributed by atoms with E-state index < -0.39 is 15.6 Å². The molecule has 2 heterocycles. The highest BCUT2D eigenvalue weighted by Crippen LogP contribution is 2.33. The minimum atomic E-state index is -3.69. The van der Waals surface area contributed by atoms with Crippen molar-refractivity contribution in [3.8, 4) is 11.3 Å². The van der Waals surface area contributed by atoms with Gasteiger partial charge in [0, 0.05) is 35.1 Å². The summed E-state index contributed by atoms with van der Waals surface area (Å²) in [5.41, 5.74) is 1.85. The molecule has 2 fully saturated rings. The van der Waals surface area contributed by atoms with Crippen LogP contribution in [0.4, 0.5) is 0 Å². The summed E-state index contributed by atoms with van der Waals surface area (Å²) in [6.45, 7) is 4.22. The lowest BCUT2D eigenvalue weighted by atomic mass is 9.85. The summed E-state index contributed by atoms with van der Waals surface area (Å²) in [6.07, 6.45) is 4.28. The minimum Gasteiger partial charge on any atom is -0.388 e. The van der Waals surface area contributed by atoms with E-state index in [0.29, 0.717) is 32.2 Å². The van der Waals surface area contributed by atoms with Crippen molar-refractivity contribution in [1.82, 2.24) is 14.6 Å². The molecule has 192 valence electrons. The van der Waals surface area contributed by atoms with Crippen LogP contribution in [0.5, 0.6) is 0 Å². The first-order chi connectivity index (χ1) is 17.1. The Morgan fingerprint density at radius 2 is 1.75 bits per heavy atom. The molecule has 8 heteroatoms. The summed E-state index contributed by atoms with van der Waals surface area (Å²) in [5, 5.41) is 11.4. The summed E-state index contributed by atoms with van der Waals surface area (Å²) in [5.74, 6) is -0.00673. The number of benzene rings is 2. The largest absolute Gasteiger partial charge is 0.388 e. The van der Waals surface area contributed by atoms with Crippen molar-refractivity contribution in [2.24, 2.45) is 5.92 Å². The van der Waals surface area contributed by atoms with E-state index in [9.17, 15) is 18.3 Å². The van der Waals surface area contributed by atoms with Crippen molar-refractivity contribution in [2.45, 2.75) is 75.0 Å². The maximum atomic E-state index is 13.2. The molecule has 1 saturated carbocycles. The third kappa shape index (κ3) is 5.08. The van der Waals surface area contributed by atoms with Gasteiger partial charge >= 0.3 is 0 Å². The third-order valence-electron chi connectivity index (χ3n) is 7.74. The van der Waals surface area contributed by atoms with Crippen LogP contribution in [-0.2, 0) is 14.8 Å². The van der Waals surface area contributed by atoms with Gasteiger partial charge in [0.05, 0.1) is 16.5 Å². The first-order valence-electron chi connectivity index (χ1n) is 12.9. The lowest BCUT2D eigenvalue weighted by molar-refractivity contribution is -0.142. The number of hydrogen-bond donors (Lipinski definition) is 3. The van der Waals surface area contributed by atoms with Gasteiger partial charge in [0.25, 0.3) is 0 Å². The number of aliphatic hydroxyl groups is 1. The summed E-state index contributed by atoms with van der Waals surface area (Å²) < 4.78 is 29.2. The van der Waals surface area contributed by atoms with Gasteiger partial charge in [-0.3, -0.25) is 4.79 Å². The summed E-state index contributed by atoms with van der Waals surface area (Å²) in [6, 6.07) is 16.8. The van der Waals surface area contributed by atoms with Crippen LogP contribution >= 0.6 is 0 Å². The molecule has 2 aromatic carbocycles. The van der Waals surface area contributed by atoms with Gasteiger partial charge in [-0.2, -0.15) is 0 Å². The van der Waals surface area contributed by atoms with E-state index in [4.69, 9.17) is 0 Å². The van der Waals surface area contributed by atoms with Crippen LogP contribution in [0.1, 0.15) is 52.4 Å². The Labute approximate surface area is 213 Å². The van der Waals surface area contributed by atoms with E-state index in [1.165, 1.54) is 0 Å². The van der Waals surface area contributed by atoms with Crippen LogP contribution in [-0.4, -0.2) is 53.5 Å². The maximum Gasteiger partial charge on any atom is 0.240 e. The number of aromatic nitrogens is 1. The number of likely N-dealkylation sites (tertiary alicyclic amines) is 1. The van der Waals surface area contributed by atoms with Gasteiger partial charge in [-0.25, -0.2) is 13.1 Å².